The molecule has 3 aromatic rings. The van der Waals surface area contributed by atoms with Crippen molar-refractivity contribution in [3.05, 3.63) is 76.0 Å². The van der Waals surface area contributed by atoms with E-state index >= 15 is 0 Å². The van der Waals surface area contributed by atoms with Crippen LogP contribution in [0.3, 0.4) is 0 Å². The average Bonchev–Trinajstić information content (AvgIpc) is 2.75. The van der Waals surface area contributed by atoms with E-state index in [4.69, 9.17) is 32.7 Å². The molecule has 2 amide bonds. The first-order chi connectivity index (χ1) is 16.7. The Bertz CT molecular complexity index is 1290. The third-order valence-corrected chi connectivity index (χ3v) is 4.94. The Kier molecular flexibility index (Phi) is 8.00. The molecule has 0 aliphatic heterocycles. The van der Waals surface area contributed by atoms with Gasteiger partial charge in [0, 0.05) is 24.0 Å². The lowest BCUT2D eigenvalue weighted by Crippen LogP contribution is -2.24. The molecule has 190 valence electrons. The monoisotopic (exact) mass is 541 g/mol. The topological polar surface area (TPSA) is 89.5 Å². The lowest BCUT2D eigenvalue weighted by atomic mass is 10.2. The first-order valence-electron chi connectivity index (χ1n) is 10.3. The van der Waals surface area contributed by atoms with E-state index in [2.05, 4.69) is 15.6 Å². The number of halogens is 5. The zero-order chi connectivity index (χ0) is 26.7. The molecule has 12 heteroatoms. The summed E-state index contributed by atoms with van der Waals surface area (Å²) in [6.45, 7) is 5.20. The SMILES string of the molecule is CC(C)(C)OC(=O)c1cc(Oc2ccc(NC(=O)Nc3ccc(Cl)c(C(F)(F)F)c3)c(Cl)c2)ccn1. The molecule has 0 saturated heterocycles. The number of aromatic nitrogens is 1. The number of carbonyl (C=O) groups excluding carboxylic acids is 2. The van der Waals surface area contributed by atoms with Crippen molar-refractivity contribution in [2.75, 3.05) is 10.6 Å². The standard InChI is InChI=1S/C24H20Cl2F3N3O4/c1-23(2,3)36-21(33)20-12-15(8-9-30-20)35-14-5-7-19(18(26)11-14)32-22(34)31-13-4-6-17(25)16(10-13)24(27,28)29/h4-12H,1-3H3,(H2,31,32,34). The van der Waals surface area contributed by atoms with Gasteiger partial charge in [0.1, 0.15) is 17.1 Å². The number of benzene rings is 2. The molecule has 0 bridgehead atoms. The summed E-state index contributed by atoms with van der Waals surface area (Å²) < 4.78 is 50.1. The average molecular weight is 542 g/mol. The predicted molar refractivity (Wildman–Crippen MR) is 130 cm³/mol. The van der Waals surface area contributed by atoms with Crippen LogP contribution in [0.15, 0.2) is 54.7 Å². The number of amides is 2. The Morgan fingerprint density at radius 1 is 0.889 bits per heavy atom. The summed E-state index contributed by atoms with van der Waals surface area (Å²) in [7, 11) is 0. The largest absolute Gasteiger partial charge is 0.457 e. The van der Waals surface area contributed by atoms with E-state index in [0.717, 1.165) is 12.1 Å². The molecule has 0 unspecified atom stereocenters. The number of pyridine rings is 1. The number of hydrogen-bond donors (Lipinski definition) is 2. The van der Waals surface area contributed by atoms with Crippen LogP contribution in [-0.2, 0) is 10.9 Å². The molecule has 0 spiro atoms. The molecule has 0 atom stereocenters. The summed E-state index contributed by atoms with van der Waals surface area (Å²) in [6.07, 6.45) is -3.29. The lowest BCUT2D eigenvalue weighted by molar-refractivity contribution is -0.137. The molecule has 2 N–H and O–H groups in total. The molecule has 0 saturated carbocycles. The van der Waals surface area contributed by atoms with Gasteiger partial charge in [-0.2, -0.15) is 13.2 Å². The number of carbonyl (C=O) groups is 2. The number of ether oxygens (including phenoxy) is 2. The van der Waals surface area contributed by atoms with Gasteiger partial charge in [0.15, 0.2) is 5.69 Å². The van der Waals surface area contributed by atoms with Crippen LogP contribution in [0.4, 0.5) is 29.3 Å². The van der Waals surface area contributed by atoms with Gasteiger partial charge in [-0.3, -0.25) is 0 Å². The lowest BCUT2D eigenvalue weighted by Gasteiger charge is -2.19. The highest BCUT2D eigenvalue weighted by molar-refractivity contribution is 6.34. The first kappa shape index (κ1) is 27.1. The van der Waals surface area contributed by atoms with Crippen LogP contribution < -0.4 is 15.4 Å². The smallest absolute Gasteiger partial charge is 0.417 e. The fraction of sp³-hybridized carbons (Fsp3) is 0.208. The maximum Gasteiger partial charge on any atom is 0.417 e. The van der Waals surface area contributed by atoms with E-state index < -0.39 is 34.4 Å². The van der Waals surface area contributed by atoms with Gasteiger partial charge in [-0.05, 0) is 57.2 Å². The van der Waals surface area contributed by atoms with Gasteiger partial charge in [0.25, 0.3) is 0 Å². The molecule has 2 aromatic carbocycles. The number of nitrogens with zero attached hydrogens (tertiary/aromatic N) is 1. The Morgan fingerprint density at radius 3 is 2.22 bits per heavy atom. The highest BCUT2D eigenvalue weighted by atomic mass is 35.5. The van der Waals surface area contributed by atoms with Crippen molar-refractivity contribution in [3.63, 3.8) is 0 Å². The first-order valence-corrected chi connectivity index (χ1v) is 11.1. The molecule has 36 heavy (non-hydrogen) atoms. The van der Waals surface area contributed by atoms with E-state index in [1.807, 2.05) is 0 Å². The second-order valence-electron chi connectivity index (χ2n) is 8.39. The highest BCUT2D eigenvalue weighted by Crippen LogP contribution is 2.36. The van der Waals surface area contributed by atoms with Gasteiger partial charge in [0.05, 0.1) is 21.3 Å². The Labute approximate surface area is 214 Å². The van der Waals surface area contributed by atoms with Crippen LogP contribution in [0, 0.1) is 0 Å². The minimum atomic E-state index is -4.67. The molecular weight excluding hydrogens is 522 g/mol. The number of urea groups is 1. The molecule has 3 rings (SSSR count). The van der Waals surface area contributed by atoms with Crippen LogP contribution in [0.5, 0.6) is 11.5 Å². The van der Waals surface area contributed by atoms with E-state index in [1.165, 1.54) is 42.6 Å². The molecule has 0 aliphatic rings. The molecular formula is C24H20Cl2F3N3O4. The number of esters is 1. The number of rotatable bonds is 5. The van der Waals surface area contributed by atoms with Gasteiger partial charge in [-0.15, -0.1) is 0 Å². The summed E-state index contributed by atoms with van der Waals surface area (Å²) in [5.74, 6) is -0.0250. The molecule has 0 fully saturated rings. The fourth-order valence-corrected chi connectivity index (χ4v) is 3.26. The predicted octanol–water partition coefficient (Wildman–Crippen LogP) is 7.80. The zero-order valence-electron chi connectivity index (χ0n) is 19.2. The maximum absolute atomic E-state index is 13.0. The number of anilines is 2. The highest BCUT2D eigenvalue weighted by Gasteiger charge is 2.33. The van der Waals surface area contributed by atoms with E-state index in [0.29, 0.717) is 11.5 Å². The molecule has 1 aromatic heterocycles. The van der Waals surface area contributed by atoms with Crippen molar-refractivity contribution < 1.29 is 32.2 Å². The van der Waals surface area contributed by atoms with Gasteiger partial charge in [-0.25, -0.2) is 14.6 Å². The maximum atomic E-state index is 13.0. The van der Waals surface area contributed by atoms with Crippen LogP contribution >= 0.6 is 23.2 Å². The van der Waals surface area contributed by atoms with E-state index in [-0.39, 0.29) is 22.1 Å². The summed E-state index contributed by atoms with van der Waals surface area (Å²) in [6, 6.07) is 9.45. The van der Waals surface area contributed by atoms with Crippen LogP contribution in [-0.4, -0.2) is 22.6 Å². The summed E-state index contributed by atoms with van der Waals surface area (Å²) in [4.78, 5) is 28.5. The molecule has 7 nitrogen and oxygen atoms in total. The van der Waals surface area contributed by atoms with Crippen molar-refractivity contribution >= 4 is 46.6 Å². The molecule has 0 radical (unpaired) electrons. The van der Waals surface area contributed by atoms with Gasteiger partial charge in [-0.1, -0.05) is 23.2 Å². The van der Waals surface area contributed by atoms with Crippen molar-refractivity contribution in [3.8, 4) is 11.5 Å². The normalized spacial score (nSPS) is 11.6. The van der Waals surface area contributed by atoms with Crippen molar-refractivity contribution in [1.82, 2.24) is 4.98 Å². The summed E-state index contributed by atoms with van der Waals surface area (Å²) in [5, 5.41) is 4.35. The number of alkyl halides is 3. The second kappa shape index (κ2) is 10.6. The van der Waals surface area contributed by atoms with Crippen LogP contribution in [0.2, 0.25) is 10.0 Å². The third-order valence-electron chi connectivity index (χ3n) is 4.29. The van der Waals surface area contributed by atoms with Gasteiger partial charge in [0.2, 0.25) is 0 Å². The summed E-state index contributed by atoms with van der Waals surface area (Å²) in [5.41, 5.74) is -1.65. The second-order valence-corrected chi connectivity index (χ2v) is 9.21. The number of nitrogens with one attached hydrogen (secondary N) is 2. The van der Waals surface area contributed by atoms with Crippen LogP contribution in [0.1, 0.15) is 36.8 Å². The quantitative estimate of drug-likeness (QED) is 0.321. The van der Waals surface area contributed by atoms with E-state index in [9.17, 15) is 22.8 Å². The molecule has 0 aliphatic carbocycles. The minimum absolute atomic E-state index is 0.0550. The van der Waals surface area contributed by atoms with Gasteiger partial charge >= 0.3 is 18.2 Å². The number of hydrogen-bond acceptors (Lipinski definition) is 5. The Hall–Kier alpha value is -3.50. The zero-order valence-corrected chi connectivity index (χ0v) is 20.7. The third kappa shape index (κ3) is 7.50. The Balaban J connectivity index is 1.67. The van der Waals surface area contributed by atoms with Crippen molar-refractivity contribution in [2.24, 2.45) is 0 Å². The Morgan fingerprint density at radius 2 is 1.58 bits per heavy atom. The fourth-order valence-electron chi connectivity index (χ4n) is 2.82. The van der Waals surface area contributed by atoms with E-state index in [1.54, 1.807) is 20.8 Å². The molecule has 1 heterocycles. The van der Waals surface area contributed by atoms with Crippen molar-refractivity contribution in [2.45, 2.75) is 32.5 Å². The minimum Gasteiger partial charge on any atom is -0.457 e. The van der Waals surface area contributed by atoms with Gasteiger partial charge < -0.3 is 20.1 Å². The van der Waals surface area contributed by atoms with Crippen LogP contribution in [0.25, 0.3) is 0 Å². The summed E-state index contributed by atoms with van der Waals surface area (Å²) >= 11 is 11.8. The van der Waals surface area contributed by atoms with Crippen molar-refractivity contribution in [1.29, 1.82) is 0 Å².